The highest BCUT2D eigenvalue weighted by molar-refractivity contribution is 7.88. The fourth-order valence-corrected chi connectivity index (χ4v) is 13.9. The Morgan fingerprint density at radius 2 is 1.41 bits per heavy atom. The molecule has 0 radical (unpaired) electrons. The van der Waals surface area contributed by atoms with E-state index in [1.165, 1.54) is 37.0 Å². The zero-order chi connectivity index (χ0) is 71.5. The van der Waals surface area contributed by atoms with Gasteiger partial charge in [-0.15, -0.1) is 5.10 Å². The first kappa shape index (κ1) is 74.0. The molecule has 2 aliphatic carbocycles. The van der Waals surface area contributed by atoms with Gasteiger partial charge in [0.1, 0.15) is 18.7 Å². The number of unbranched alkanes of at least 4 members (excludes halogenated alkanes) is 2. The summed E-state index contributed by atoms with van der Waals surface area (Å²) in [6.45, 7) is 12.7. The summed E-state index contributed by atoms with van der Waals surface area (Å²) in [5.41, 5.74) is 6.29. The van der Waals surface area contributed by atoms with Crippen molar-refractivity contribution in [1.29, 1.82) is 0 Å². The summed E-state index contributed by atoms with van der Waals surface area (Å²) < 4.78 is 76.9. The van der Waals surface area contributed by atoms with Gasteiger partial charge < -0.3 is 73.9 Å². The third-order valence-corrected chi connectivity index (χ3v) is 19.5. The largest absolute Gasteiger partial charge is 0.493 e. The second-order valence-electron chi connectivity index (χ2n) is 26.5. The molecule has 30 nitrogen and oxygen atoms in total. The van der Waals surface area contributed by atoms with Crippen LogP contribution < -0.4 is 49.2 Å². The topological polar surface area (TPSA) is 364 Å². The van der Waals surface area contributed by atoms with Gasteiger partial charge >= 0.3 is 16.3 Å². The van der Waals surface area contributed by atoms with Crippen LogP contribution >= 0.6 is 0 Å². The summed E-state index contributed by atoms with van der Waals surface area (Å²) in [5, 5.41) is 40.6. The number of nitrogens with zero attached hydrogens (tertiary/aromatic N) is 7. The Morgan fingerprint density at radius 3 is 2.11 bits per heavy atom. The zero-order valence-electron chi connectivity index (χ0n) is 57.9. The van der Waals surface area contributed by atoms with Crippen molar-refractivity contribution in [2.45, 2.75) is 156 Å². The second-order valence-corrected chi connectivity index (χ2v) is 28.0. The first-order valence-corrected chi connectivity index (χ1v) is 35.4. The number of hydrogen-bond acceptors (Lipinski definition) is 22. The van der Waals surface area contributed by atoms with Crippen molar-refractivity contribution >= 4 is 69.1 Å². The van der Waals surface area contributed by atoms with Crippen LogP contribution in [0, 0.1) is 23.7 Å². The molecule has 5 heterocycles. The number of fused-ring (bicyclic) bond motifs is 6. The van der Waals surface area contributed by atoms with Crippen LogP contribution in [-0.2, 0) is 63.0 Å². The molecule has 4 aliphatic heterocycles. The Balaban J connectivity index is 0.625. The van der Waals surface area contributed by atoms with Crippen molar-refractivity contribution in [3.05, 3.63) is 100 Å². The molecule has 542 valence electrons. The molecular formula is C69H92N12O18S. The number of benzene rings is 3. The summed E-state index contributed by atoms with van der Waals surface area (Å²) in [4.78, 5) is 88.8. The molecule has 100 heavy (non-hydrogen) atoms. The molecule has 0 saturated heterocycles. The standard InChI is InChI=1S/C69H92N12O18S/c1-39(2)62(74-61(82)38-95-26-25-94-24-21-71-100(90,91)76-68(88)98-37-51-47-17-19-52-54(20-18-48(47)51)81(40(3)4)77-75-52)64(84)72-43(7)63(83)73-45-15-13-44(14-16-45)36-99-69(89)80-55-32-60(58(93-9)30-50(55)66(86)79-35-42(6)28-56(79)67(80)87)97-23-12-10-11-22-96-59-31-53-49(29-57(59)92-8)65(85)78-34-41(5)27-46(78)33-70-53/h13-16,29-35,39-40,43,46-48,51,56,62,67,69,71,87,89H,10-12,17-28,36-38H2,1-9H3,(H,72,84)(H,73,83)(H,74,82)(H,76,88)/t43-,46-,47-,48+,51-,56-,62-,67-,69?/m0/s1. The van der Waals surface area contributed by atoms with Gasteiger partial charge in [-0.25, -0.2) is 14.2 Å². The Morgan fingerprint density at radius 1 is 0.750 bits per heavy atom. The molecule has 3 aromatic carbocycles. The zero-order valence-corrected chi connectivity index (χ0v) is 58.7. The van der Waals surface area contributed by atoms with Crippen molar-refractivity contribution < 1.29 is 85.3 Å². The van der Waals surface area contributed by atoms with Gasteiger partial charge in [0.05, 0.1) is 106 Å². The van der Waals surface area contributed by atoms with Gasteiger partial charge in [0.2, 0.25) is 24.1 Å². The Bertz CT molecular complexity index is 3840. The number of amides is 6. The molecule has 6 amide bonds. The van der Waals surface area contributed by atoms with Crippen LogP contribution in [0.2, 0.25) is 0 Å². The number of aryl methyl sites for hydroxylation is 1. The summed E-state index contributed by atoms with van der Waals surface area (Å²) in [6.07, 6.45) is 7.49. The molecule has 1 fully saturated rings. The van der Waals surface area contributed by atoms with E-state index in [2.05, 4.69) is 49.8 Å². The van der Waals surface area contributed by atoms with Crippen molar-refractivity contribution in [3.63, 3.8) is 0 Å². The fourth-order valence-electron chi connectivity index (χ4n) is 13.2. The molecule has 1 saturated carbocycles. The number of methoxy groups -OCH3 is 2. The predicted octanol–water partition coefficient (Wildman–Crippen LogP) is 5.71. The highest BCUT2D eigenvalue weighted by Crippen LogP contribution is 2.53. The molecule has 9 atom stereocenters. The Hall–Kier alpha value is -8.72. The third-order valence-electron chi connectivity index (χ3n) is 18.5. The van der Waals surface area contributed by atoms with Crippen LogP contribution in [0.4, 0.5) is 21.9 Å². The van der Waals surface area contributed by atoms with Crippen molar-refractivity contribution in [1.82, 2.24) is 44.9 Å². The van der Waals surface area contributed by atoms with Gasteiger partial charge in [-0.1, -0.05) is 42.3 Å². The molecule has 1 aromatic heterocycles. The van der Waals surface area contributed by atoms with Crippen LogP contribution in [0.15, 0.2) is 77.1 Å². The van der Waals surface area contributed by atoms with E-state index in [1.807, 2.05) is 29.5 Å². The van der Waals surface area contributed by atoms with Crippen LogP contribution in [0.25, 0.3) is 0 Å². The minimum Gasteiger partial charge on any atom is -0.493 e. The maximum atomic E-state index is 14.2. The summed E-state index contributed by atoms with van der Waals surface area (Å²) in [7, 11) is -1.26. The summed E-state index contributed by atoms with van der Waals surface area (Å²) in [5.74, 6) is -0.396. The maximum absolute atomic E-state index is 14.2. The van der Waals surface area contributed by atoms with Crippen LogP contribution in [0.5, 0.6) is 23.0 Å². The van der Waals surface area contributed by atoms with Crippen LogP contribution in [-0.4, -0.2) is 189 Å². The van der Waals surface area contributed by atoms with E-state index in [4.69, 9.17) is 37.9 Å². The van der Waals surface area contributed by atoms with Crippen LogP contribution in [0.3, 0.4) is 0 Å². The predicted molar refractivity (Wildman–Crippen MR) is 365 cm³/mol. The number of aromatic nitrogens is 3. The number of ether oxygens (including phenoxy) is 8. The SMILES string of the molecule is COc1cc2c(cc1OCCCCCOc1cc3c(cc1OC)C(=O)N1C=C(C)C[C@H]1[C@H](O)N3C(O)OCc1ccc(NC(=O)[C@H](C)NC(=O)[C@@H](NC(=O)COCCOCCNS(=O)(=O)NC(=O)OC[C@@H]3[C@@H]4CCc5c(nnn5C(C)C)CC[C@@H]43)C(C)C)cc1)N=C[C@@H]1CC(C)=CN1C2=O. The average Bonchev–Trinajstić information content (AvgIpc) is 1.59. The minimum atomic E-state index is -4.23. The Kier molecular flexibility index (Phi) is 24.5. The maximum Gasteiger partial charge on any atom is 0.421 e. The first-order chi connectivity index (χ1) is 47.9. The monoisotopic (exact) mass is 1410 g/mol. The normalized spacial score (nSPS) is 20.7. The first-order valence-electron chi connectivity index (χ1n) is 33.9. The molecule has 31 heteroatoms. The smallest absolute Gasteiger partial charge is 0.421 e. The average molecular weight is 1410 g/mol. The molecular weight excluding hydrogens is 1320 g/mol. The number of hydrogen-bond donors (Lipinski definition) is 7. The van der Waals surface area contributed by atoms with Gasteiger partial charge in [0.15, 0.2) is 29.2 Å². The lowest BCUT2D eigenvalue weighted by Gasteiger charge is -2.36. The highest BCUT2D eigenvalue weighted by Gasteiger charge is 2.51. The number of aliphatic imine (C=N–C) groups is 1. The fraction of sp³-hybridized carbons (Fsp3) is 0.551. The highest BCUT2D eigenvalue weighted by atomic mass is 32.2. The number of aliphatic hydroxyl groups is 2. The Labute approximate surface area is 581 Å². The molecule has 1 unspecified atom stereocenters. The minimum absolute atomic E-state index is 0.000512. The lowest BCUT2D eigenvalue weighted by Crippen LogP contribution is -2.54. The third kappa shape index (κ3) is 18.1. The number of anilines is 2. The molecule has 7 N–H and O–H groups in total. The summed E-state index contributed by atoms with van der Waals surface area (Å²) >= 11 is 0. The van der Waals surface area contributed by atoms with E-state index in [1.54, 1.807) is 73.6 Å². The van der Waals surface area contributed by atoms with Crippen molar-refractivity contribution in [2.24, 2.45) is 28.7 Å². The van der Waals surface area contributed by atoms with E-state index in [9.17, 15) is 47.4 Å². The number of carbonyl (C=O) groups excluding carboxylic acids is 6. The van der Waals surface area contributed by atoms with Gasteiger partial charge in [-0.3, -0.25) is 33.9 Å². The van der Waals surface area contributed by atoms with Gasteiger partial charge in [0.25, 0.3) is 11.8 Å². The van der Waals surface area contributed by atoms with Gasteiger partial charge in [-0.2, -0.15) is 13.1 Å². The molecule has 4 aromatic rings. The van der Waals surface area contributed by atoms with Crippen molar-refractivity contribution in [2.75, 3.05) is 77.2 Å². The van der Waals surface area contributed by atoms with Gasteiger partial charge in [-0.05, 0) is 146 Å². The number of aliphatic hydroxyl groups excluding tert-OH is 2. The van der Waals surface area contributed by atoms with E-state index in [0.29, 0.717) is 78.1 Å². The quantitative estimate of drug-likeness (QED) is 0.0222. The summed E-state index contributed by atoms with van der Waals surface area (Å²) in [6, 6.07) is 10.2. The molecule has 6 aliphatic rings. The molecule has 0 bridgehead atoms. The van der Waals surface area contributed by atoms with E-state index in [-0.39, 0.29) is 98.8 Å². The van der Waals surface area contributed by atoms with Gasteiger partial charge in [0, 0.05) is 49.0 Å². The lowest BCUT2D eigenvalue weighted by atomic mass is 10.0. The lowest BCUT2D eigenvalue weighted by molar-refractivity contribution is -0.133. The van der Waals surface area contributed by atoms with E-state index >= 15 is 0 Å². The van der Waals surface area contributed by atoms with Crippen LogP contribution in [0.1, 0.15) is 137 Å². The van der Waals surface area contributed by atoms with E-state index < -0.39 is 77.3 Å². The van der Waals surface area contributed by atoms with E-state index in [0.717, 1.165) is 54.6 Å². The number of carbonyl (C=O) groups is 6. The number of nitrogens with one attached hydrogen (secondary N) is 5. The molecule has 0 spiro atoms. The van der Waals surface area contributed by atoms with Crippen molar-refractivity contribution in [3.8, 4) is 23.0 Å². The molecule has 10 rings (SSSR count). The second kappa shape index (κ2) is 33.2. The number of rotatable bonds is 33.